The molecule has 3 unspecified atom stereocenters. The minimum atomic E-state index is 0. The minimum Gasteiger partial charge on any atom is -0.339 e. The summed E-state index contributed by atoms with van der Waals surface area (Å²) in [6.45, 7) is 22.5. The number of para-hydroxylation sites is 7. The van der Waals surface area contributed by atoms with Gasteiger partial charge in [-0.2, -0.15) is 0 Å². The van der Waals surface area contributed by atoms with Gasteiger partial charge in [-0.05, 0) is 257 Å². The molecule has 0 radical (unpaired) electrons. The summed E-state index contributed by atoms with van der Waals surface area (Å²) in [6.07, 6.45) is 11.2. The molecule has 0 saturated carbocycles. The van der Waals surface area contributed by atoms with Crippen molar-refractivity contribution >= 4 is 142 Å². The van der Waals surface area contributed by atoms with E-state index < -0.39 is 0 Å². The van der Waals surface area contributed by atoms with Crippen LogP contribution in [0.25, 0.3) is 221 Å². The van der Waals surface area contributed by atoms with Gasteiger partial charge in [0.15, 0.2) is 0 Å². The number of hydrogen-bond acceptors (Lipinski definition) is 2. The summed E-state index contributed by atoms with van der Waals surface area (Å²) in [5, 5.41) is 17.3. The molecule has 0 aliphatic carbocycles. The summed E-state index contributed by atoms with van der Waals surface area (Å²) in [6, 6.07) is 159. The first-order valence-corrected chi connectivity index (χ1v) is 52.3. The fraction of sp³-hybridized carbons (Fsp3) is 0.137. The van der Waals surface area contributed by atoms with E-state index in [9.17, 15) is 0 Å². The second-order valence-electron chi connectivity index (χ2n) is 40.6. The zero-order valence-electron chi connectivity index (χ0n) is 85.4. The number of pyridine rings is 2. The molecule has 0 aliphatic rings. The summed E-state index contributed by atoms with van der Waals surface area (Å²) in [4.78, 5) is 10.2. The van der Waals surface area contributed by atoms with Crippen LogP contribution < -0.4 is 0 Å². The molecule has 27 aromatic rings. The summed E-state index contributed by atoms with van der Waals surface area (Å²) >= 11 is 0. The Morgan fingerprint density at radius 3 is 0.993 bits per heavy atom. The van der Waals surface area contributed by atoms with E-state index in [2.05, 4.69) is 527 Å². The number of rotatable bonds is 18. The molecule has 8 nitrogen and oxygen atoms in total. The number of aromatic nitrogens is 8. The number of aryl methyl sites for hydroxylation is 4. The van der Waals surface area contributed by atoms with E-state index in [1.54, 1.807) is 0 Å². The molecule has 148 heavy (non-hydrogen) atoms. The van der Waals surface area contributed by atoms with Crippen LogP contribution in [0.4, 0.5) is 0 Å². The third-order valence-corrected chi connectivity index (χ3v) is 30.8. The van der Waals surface area contributed by atoms with Gasteiger partial charge in [-0.25, -0.2) is 0 Å². The maximum atomic E-state index is 5.12. The molecule has 9 heteroatoms. The summed E-state index contributed by atoms with van der Waals surface area (Å²) in [5.41, 5.74) is 40.0. The van der Waals surface area contributed by atoms with Crippen LogP contribution >= 0.6 is 0 Å². The van der Waals surface area contributed by atoms with Crippen molar-refractivity contribution in [1.29, 1.82) is 0 Å². The minimum absolute atomic E-state index is 0. The van der Waals surface area contributed by atoms with E-state index in [1.807, 2.05) is 12.1 Å². The second-order valence-corrected chi connectivity index (χ2v) is 40.6. The Morgan fingerprint density at radius 1 is 0.236 bits per heavy atom. The van der Waals surface area contributed by atoms with Gasteiger partial charge in [0.25, 0.3) is 0 Å². The maximum Gasteiger partial charge on any atom is 2.00 e. The summed E-state index contributed by atoms with van der Waals surface area (Å²) in [7, 11) is 0. The van der Waals surface area contributed by atoms with Gasteiger partial charge in [0.05, 0.1) is 66.8 Å². The molecule has 3 atom stereocenters. The van der Waals surface area contributed by atoms with Gasteiger partial charge in [0.1, 0.15) is 0 Å². The Labute approximate surface area is 879 Å². The predicted octanol–water partition coefficient (Wildman–Crippen LogP) is 37.0. The van der Waals surface area contributed by atoms with Gasteiger partial charge in [-0.1, -0.05) is 345 Å². The maximum absolute atomic E-state index is 5.12. The number of benzene rings is 19. The zero-order chi connectivity index (χ0) is 99.6. The van der Waals surface area contributed by atoms with Crippen molar-refractivity contribution in [1.82, 2.24) is 37.0 Å². The topological polar surface area (TPSA) is 54.3 Å². The molecule has 27 rings (SSSR count). The van der Waals surface area contributed by atoms with Crippen LogP contribution in [0, 0.1) is 57.6 Å². The second kappa shape index (κ2) is 40.5. The largest absolute Gasteiger partial charge is 2.00 e. The van der Waals surface area contributed by atoms with E-state index in [1.165, 1.54) is 245 Å². The molecular formula is C139H116N8Pt. The molecule has 8 aromatic heterocycles. The molecule has 0 bridgehead atoms. The molecule has 722 valence electrons. The standard InChI is InChI=1S/C41H34N2.C35H30N2.C34H31N2.C29H21N2.Pt/c1-3-28(2)24-29-12-10-14-32(25-29)42-40-21-9-6-18-36(40)37-27-31(22-23-41(37)42)30-13-11-15-33(26-30)43-38-19-7-4-16-34(38)35-17-5-8-20-39(35)43;1-3-24(2)20-25-21-26(36-32-16-8-4-12-28(32)29-13-5-9-17-33(29)36)23-27(22-25)37-34-18-10-6-14-30(34)31-15-7-11-19-35(31)37;1-5-22(2)18-25-14-16-26(17-15-25)27-19-24(4)33-31(20-27)29-12-8-9-13-30(29)34-35-32(21-36(33)34)28-11-7-6-10-23(28)3;1-19-10-6-7-13-23(19)27-18-31-28-20(2)16-22(21-11-4-3-5-12-21)17-26(28)24-14-8-9-15-25(24)29(31)30-27;/h4-23,25-28H,3,24H2,1-2H3;4-19,21-24H,3,20H2,1-2H3;6-12,14-17,19-22H,5,18H2,1-4H3;3-14,16-18H,1-2H3;/q;;2*-1;+2. The molecular weight excluding hydrogens is 1980 g/mol. The van der Waals surface area contributed by atoms with Crippen LogP contribution in [-0.2, 0) is 40.3 Å². The van der Waals surface area contributed by atoms with E-state index in [0.717, 1.165) is 52.7 Å². The summed E-state index contributed by atoms with van der Waals surface area (Å²) in [5.74, 6) is 2.01. The number of fused-ring (bicyclic) bond motifs is 24. The zero-order valence-corrected chi connectivity index (χ0v) is 87.6. The van der Waals surface area contributed by atoms with Crippen molar-refractivity contribution in [2.45, 2.75) is 108 Å². The van der Waals surface area contributed by atoms with Crippen LogP contribution in [-0.4, -0.2) is 37.0 Å². The van der Waals surface area contributed by atoms with Crippen LogP contribution in [0.2, 0.25) is 0 Å². The van der Waals surface area contributed by atoms with Crippen molar-refractivity contribution in [3.05, 3.63) is 482 Å². The Bertz CT molecular complexity index is 9440. The molecule has 0 amide bonds. The molecule has 8 heterocycles. The SMILES string of the molecule is CCC(C)Cc1cc(-n2c3ccccc3c3ccccc32)cc(-n2c3ccccc3c3ccccc32)c1.CCC(C)Cc1ccc(-c2cc(C)c3c(c2)c2ccc[c-]c2c2nc(-c4ccccc4C)cn23)cc1.CCC(C)Cc1cccc(-n2c3ccccc3c3cc(-c4cccc(-n5c6ccccc6c6ccccc65)c4)ccc32)c1.Cc1ccccc1-c1cn2c(n1)c1[c-]cccc1c1cc(-c3ccccc3)cc(C)c12.[Pt+2]. The quantitative estimate of drug-likeness (QED) is 0.0635. The fourth-order valence-electron chi connectivity index (χ4n) is 22.9. The Morgan fingerprint density at radius 2 is 0.561 bits per heavy atom. The van der Waals surface area contributed by atoms with E-state index in [-0.39, 0.29) is 21.1 Å². The third kappa shape index (κ3) is 17.5. The van der Waals surface area contributed by atoms with E-state index in [4.69, 9.17) is 9.97 Å². The predicted molar refractivity (Wildman–Crippen MR) is 624 cm³/mol. The van der Waals surface area contributed by atoms with Crippen molar-refractivity contribution in [2.24, 2.45) is 17.8 Å². The molecule has 0 fully saturated rings. The molecule has 0 aliphatic heterocycles. The van der Waals surface area contributed by atoms with Gasteiger partial charge in [0, 0.05) is 100 Å². The van der Waals surface area contributed by atoms with Crippen molar-refractivity contribution < 1.29 is 21.1 Å². The van der Waals surface area contributed by atoms with E-state index >= 15 is 0 Å². The third-order valence-electron chi connectivity index (χ3n) is 30.8. The summed E-state index contributed by atoms with van der Waals surface area (Å²) < 4.78 is 14.2. The van der Waals surface area contributed by atoms with Crippen molar-refractivity contribution in [2.75, 3.05) is 0 Å². The van der Waals surface area contributed by atoms with Gasteiger partial charge >= 0.3 is 21.1 Å². The van der Waals surface area contributed by atoms with Crippen LogP contribution in [0.5, 0.6) is 0 Å². The average molecular weight is 2090 g/mol. The average Bonchev–Trinajstić information content (AvgIpc) is 1.40. The Balaban J connectivity index is 0.000000109. The van der Waals surface area contributed by atoms with Gasteiger partial charge in [-0.3, -0.25) is 9.97 Å². The molecule has 0 saturated heterocycles. The first-order chi connectivity index (χ1) is 72.1. The van der Waals surface area contributed by atoms with Crippen molar-refractivity contribution in [3.8, 4) is 78.6 Å². The molecule has 19 aromatic carbocycles. The number of nitrogens with zero attached hydrogens (tertiary/aromatic N) is 8. The van der Waals surface area contributed by atoms with E-state index in [0.29, 0.717) is 17.8 Å². The van der Waals surface area contributed by atoms with Gasteiger partial charge in [0.2, 0.25) is 0 Å². The van der Waals surface area contributed by atoms with Gasteiger partial charge in [-0.15, -0.1) is 59.3 Å². The Kier molecular flexibility index (Phi) is 26.0. The first kappa shape index (κ1) is 95.0. The Hall–Kier alpha value is -16.5. The van der Waals surface area contributed by atoms with Crippen LogP contribution in [0.3, 0.4) is 0 Å². The number of imidazole rings is 2. The molecule has 0 spiro atoms. The first-order valence-electron chi connectivity index (χ1n) is 52.3. The van der Waals surface area contributed by atoms with Crippen LogP contribution in [0.1, 0.15) is 99.7 Å². The fourth-order valence-corrected chi connectivity index (χ4v) is 22.9. The number of hydrogen-bond donors (Lipinski definition) is 0. The monoisotopic (exact) mass is 2090 g/mol. The normalized spacial score (nSPS) is 12.3. The van der Waals surface area contributed by atoms with Crippen LogP contribution in [0.15, 0.2) is 431 Å². The smallest absolute Gasteiger partial charge is 0.339 e. The van der Waals surface area contributed by atoms with Crippen molar-refractivity contribution in [3.63, 3.8) is 0 Å². The molecule has 0 N–H and O–H groups in total. The van der Waals surface area contributed by atoms with Gasteiger partial charge < -0.3 is 27.1 Å².